The van der Waals surface area contributed by atoms with Crippen LogP contribution in [0.1, 0.15) is 25.5 Å². The molecule has 1 aromatic heterocycles. The van der Waals surface area contributed by atoms with Gasteiger partial charge in [0.1, 0.15) is 0 Å². The van der Waals surface area contributed by atoms with E-state index in [4.69, 9.17) is 10.8 Å². The molecule has 0 radical (unpaired) electrons. The number of hydrogen-bond donors (Lipinski definition) is 2. The van der Waals surface area contributed by atoms with Crippen LogP contribution in [0, 0.1) is 5.41 Å². The summed E-state index contributed by atoms with van der Waals surface area (Å²) in [4.78, 5) is 14.8. The fourth-order valence-corrected chi connectivity index (χ4v) is 1.11. The molecule has 1 heterocycles. The fraction of sp³-hybridized carbons (Fsp3) is 0.400. The SMILES string of the molecule is CC(C)(C(=O)O)[C@H](N)c1cccnc1. The van der Waals surface area contributed by atoms with Gasteiger partial charge in [-0.15, -0.1) is 0 Å². The van der Waals surface area contributed by atoms with Crippen molar-refractivity contribution in [1.82, 2.24) is 4.98 Å². The van der Waals surface area contributed by atoms with Crippen LogP contribution in [-0.2, 0) is 4.79 Å². The Morgan fingerprint density at radius 1 is 1.64 bits per heavy atom. The maximum Gasteiger partial charge on any atom is 0.311 e. The number of rotatable bonds is 3. The number of hydrogen-bond acceptors (Lipinski definition) is 3. The van der Waals surface area contributed by atoms with Crippen LogP contribution in [-0.4, -0.2) is 16.1 Å². The molecule has 0 saturated heterocycles. The van der Waals surface area contributed by atoms with Gasteiger partial charge in [-0.3, -0.25) is 9.78 Å². The minimum absolute atomic E-state index is 0.548. The molecule has 4 nitrogen and oxygen atoms in total. The molecule has 0 aliphatic carbocycles. The smallest absolute Gasteiger partial charge is 0.311 e. The number of aliphatic carboxylic acids is 1. The van der Waals surface area contributed by atoms with E-state index in [0.717, 1.165) is 5.56 Å². The Kier molecular flexibility index (Phi) is 2.86. The van der Waals surface area contributed by atoms with Crippen molar-refractivity contribution >= 4 is 5.97 Å². The lowest BCUT2D eigenvalue weighted by atomic mass is 9.82. The normalized spacial score (nSPS) is 13.6. The first-order chi connectivity index (χ1) is 6.46. The van der Waals surface area contributed by atoms with Crippen molar-refractivity contribution in [3.05, 3.63) is 30.1 Å². The topological polar surface area (TPSA) is 76.2 Å². The summed E-state index contributed by atoms with van der Waals surface area (Å²) >= 11 is 0. The maximum atomic E-state index is 10.9. The van der Waals surface area contributed by atoms with Gasteiger partial charge in [0.2, 0.25) is 0 Å². The Balaban J connectivity index is 2.96. The number of carboxylic acids is 1. The molecule has 3 N–H and O–H groups in total. The Hall–Kier alpha value is -1.42. The second-order valence-electron chi connectivity index (χ2n) is 3.79. The third-order valence-electron chi connectivity index (χ3n) is 2.37. The molecular formula is C10H14N2O2. The van der Waals surface area contributed by atoms with Gasteiger partial charge >= 0.3 is 5.97 Å². The van der Waals surface area contributed by atoms with Gasteiger partial charge < -0.3 is 10.8 Å². The molecule has 0 aromatic carbocycles. The predicted molar refractivity (Wildman–Crippen MR) is 52.6 cm³/mol. The summed E-state index contributed by atoms with van der Waals surface area (Å²) in [5.74, 6) is -0.908. The molecule has 0 aliphatic heterocycles. The number of carbonyl (C=O) groups is 1. The Bertz CT molecular complexity index is 322. The van der Waals surface area contributed by atoms with E-state index in [1.54, 1.807) is 38.4 Å². The number of pyridine rings is 1. The van der Waals surface area contributed by atoms with Gasteiger partial charge in [0.15, 0.2) is 0 Å². The summed E-state index contributed by atoms with van der Waals surface area (Å²) in [5.41, 5.74) is 5.61. The molecule has 1 rings (SSSR count). The van der Waals surface area contributed by atoms with E-state index in [9.17, 15) is 4.79 Å². The zero-order valence-corrected chi connectivity index (χ0v) is 8.27. The zero-order chi connectivity index (χ0) is 10.8. The first-order valence-corrected chi connectivity index (χ1v) is 4.35. The molecular weight excluding hydrogens is 180 g/mol. The third kappa shape index (κ3) is 1.90. The number of nitrogens with two attached hydrogens (primary N) is 1. The monoisotopic (exact) mass is 194 g/mol. The maximum absolute atomic E-state index is 10.9. The van der Waals surface area contributed by atoms with Crippen molar-refractivity contribution in [2.24, 2.45) is 11.1 Å². The minimum atomic E-state index is -0.983. The highest BCUT2D eigenvalue weighted by molar-refractivity contribution is 5.74. The first-order valence-electron chi connectivity index (χ1n) is 4.35. The average Bonchev–Trinajstić information content (AvgIpc) is 2.17. The number of carboxylic acid groups (broad SMARTS) is 1. The van der Waals surface area contributed by atoms with Crippen molar-refractivity contribution in [2.75, 3.05) is 0 Å². The summed E-state index contributed by atoms with van der Waals surface area (Å²) in [6.45, 7) is 3.21. The largest absolute Gasteiger partial charge is 0.481 e. The van der Waals surface area contributed by atoms with Crippen LogP contribution in [0.15, 0.2) is 24.5 Å². The zero-order valence-electron chi connectivity index (χ0n) is 8.27. The highest BCUT2D eigenvalue weighted by Crippen LogP contribution is 2.30. The third-order valence-corrected chi connectivity index (χ3v) is 2.37. The molecule has 1 aromatic rings. The minimum Gasteiger partial charge on any atom is -0.481 e. The molecule has 0 amide bonds. The second-order valence-corrected chi connectivity index (χ2v) is 3.79. The van der Waals surface area contributed by atoms with E-state index in [2.05, 4.69) is 4.98 Å². The predicted octanol–water partition coefficient (Wildman–Crippen LogP) is 1.19. The molecule has 1 atom stereocenters. The molecule has 0 aliphatic rings. The summed E-state index contributed by atoms with van der Waals surface area (Å²) in [5, 5.41) is 8.97. The Morgan fingerprint density at radius 2 is 2.29 bits per heavy atom. The molecule has 0 unspecified atom stereocenters. The molecule has 14 heavy (non-hydrogen) atoms. The molecule has 0 fully saturated rings. The lowest BCUT2D eigenvalue weighted by Gasteiger charge is -2.26. The molecule has 0 spiro atoms. The summed E-state index contributed by atoms with van der Waals surface area (Å²) in [6, 6.07) is 2.98. The van der Waals surface area contributed by atoms with Crippen LogP contribution in [0.25, 0.3) is 0 Å². The van der Waals surface area contributed by atoms with Crippen molar-refractivity contribution in [3.63, 3.8) is 0 Å². The summed E-state index contributed by atoms with van der Waals surface area (Å²) in [7, 11) is 0. The van der Waals surface area contributed by atoms with Gasteiger partial charge in [0, 0.05) is 18.4 Å². The van der Waals surface area contributed by atoms with Gasteiger partial charge in [-0.05, 0) is 25.5 Å². The van der Waals surface area contributed by atoms with Crippen LogP contribution >= 0.6 is 0 Å². The van der Waals surface area contributed by atoms with E-state index in [1.807, 2.05) is 0 Å². The van der Waals surface area contributed by atoms with E-state index in [1.165, 1.54) is 0 Å². The van der Waals surface area contributed by atoms with Crippen LogP contribution in [0.4, 0.5) is 0 Å². The highest BCUT2D eigenvalue weighted by atomic mass is 16.4. The van der Waals surface area contributed by atoms with Crippen LogP contribution < -0.4 is 5.73 Å². The van der Waals surface area contributed by atoms with E-state index in [0.29, 0.717) is 0 Å². The van der Waals surface area contributed by atoms with Crippen molar-refractivity contribution < 1.29 is 9.90 Å². The van der Waals surface area contributed by atoms with E-state index < -0.39 is 17.4 Å². The lowest BCUT2D eigenvalue weighted by molar-refractivity contribution is -0.148. The molecule has 4 heteroatoms. The first kappa shape index (κ1) is 10.7. The van der Waals surface area contributed by atoms with E-state index in [-0.39, 0.29) is 0 Å². The summed E-state index contributed by atoms with van der Waals surface area (Å²) < 4.78 is 0. The van der Waals surface area contributed by atoms with Gasteiger partial charge in [-0.1, -0.05) is 6.07 Å². The van der Waals surface area contributed by atoms with Gasteiger partial charge in [0.05, 0.1) is 5.41 Å². The van der Waals surface area contributed by atoms with Crippen LogP contribution in [0.3, 0.4) is 0 Å². The quantitative estimate of drug-likeness (QED) is 0.757. The highest BCUT2D eigenvalue weighted by Gasteiger charge is 2.35. The van der Waals surface area contributed by atoms with Gasteiger partial charge in [-0.2, -0.15) is 0 Å². The average molecular weight is 194 g/mol. The van der Waals surface area contributed by atoms with E-state index >= 15 is 0 Å². The Morgan fingerprint density at radius 3 is 2.71 bits per heavy atom. The van der Waals surface area contributed by atoms with Crippen molar-refractivity contribution in [3.8, 4) is 0 Å². The van der Waals surface area contributed by atoms with Crippen LogP contribution in [0.5, 0.6) is 0 Å². The molecule has 0 saturated carbocycles. The Labute approximate surface area is 82.8 Å². The van der Waals surface area contributed by atoms with Crippen LogP contribution in [0.2, 0.25) is 0 Å². The number of nitrogens with zero attached hydrogens (tertiary/aromatic N) is 1. The van der Waals surface area contributed by atoms with Crippen molar-refractivity contribution in [2.45, 2.75) is 19.9 Å². The second kappa shape index (κ2) is 3.75. The fourth-order valence-electron chi connectivity index (χ4n) is 1.11. The number of aromatic nitrogens is 1. The standard InChI is InChI=1S/C10H14N2O2/c1-10(2,9(13)14)8(11)7-4-3-5-12-6-7/h3-6,8H,11H2,1-2H3,(H,13,14)/t8-/m1/s1. The summed E-state index contributed by atoms with van der Waals surface area (Å²) in [6.07, 6.45) is 3.22. The lowest BCUT2D eigenvalue weighted by Crippen LogP contribution is -2.36. The van der Waals surface area contributed by atoms with Crippen molar-refractivity contribution in [1.29, 1.82) is 0 Å². The van der Waals surface area contributed by atoms with Gasteiger partial charge in [0.25, 0.3) is 0 Å². The van der Waals surface area contributed by atoms with Gasteiger partial charge in [-0.25, -0.2) is 0 Å². The molecule has 76 valence electrons. The molecule has 0 bridgehead atoms.